The molecule has 0 heterocycles. The van der Waals surface area contributed by atoms with Crippen molar-refractivity contribution in [3.63, 3.8) is 0 Å². The fraction of sp³-hybridized carbons (Fsp3) is 0.278. The molecule has 0 radical (unpaired) electrons. The summed E-state index contributed by atoms with van der Waals surface area (Å²) in [5.41, 5.74) is 1.99. The van der Waals surface area contributed by atoms with Crippen molar-refractivity contribution in [3.8, 4) is 5.75 Å². The van der Waals surface area contributed by atoms with E-state index in [0.717, 1.165) is 19.9 Å². The first-order valence-corrected chi connectivity index (χ1v) is 17.5. The fourth-order valence-electron chi connectivity index (χ4n) is 4.95. The minimum Gasteiger partial charge on any atom is -0.494 e. The second kappa shape index (κ2) is 16.4. The van der Waals surface area contributed by atoms with Crippen LogP contribution in [0.25, 0.3) is 0 Å². The molecular formula is C36H40BrN3O5S. The molecule has 2 amide bonds. The van der Waals surface area contributed by atoms with E-state index in [1.54, 1.807) is 42.5 Å². The number of sulfonamides is 1. The predicted molar refractivity (Wildman–Crippen MR) is 185 cm³/mol. The van der Waals surface area contributed by atoms with Crippen LogP contribution in [0.2, 0.25) is 0 Å². The van der Waals surface area contributed by atoms with Crippen LogP contribution >= 0.6 is 15.9 Å². The highest BCUT2D eigenvalue weighted by Gasteiger charge is 2.35. The van der Waals surface area contributed by atoms with Crippen molar-refractivity contribution in [2.45, 2.75) is 57.1 Å². The van der Waals surface area contributed by atoms with Gasteiger partial charge in [0.25, 0.3) is 10.0 Å². The van der Waals surface area contributed by atoms with Crippen LogP contribution in [0, 0.1) is 0 Å². The number of carbonyl (C=O) groups excluding carboxylic acids is 2. The van der Waals surface area contributed by atoms with Gasteiger partial charge in [-0.15, -0.1) is 0 Å². The lowest BCUT2D eigenvalue weighted by molar-refractivity contribution is -0.140. The Kier molecular flexibility index (Phi) is 12.4. The first kappa shape index (κ1) is 34.7. The molecule has 0 aliphatic rings. The van der Waals surface area contributed by atoms with Crippen LogP contribution in [0.4, 0.5) is 5.69 Å². The van der Waals surface area contributed by atoms with Gasteiger partial charge in [0.2, 0.25) is 11.8 Å². The van der Waals surface area contributed by atoms with E-state index in [9.17, 15) is 18.0 Å². The molecular weight excluding hydrogens is 666 g/mol. The van der Waals surface area contributed by atoms with E-state index < -0.39 is 28.5 Å². The Morgan fingerprint density at radius 3 is 2.09 bits per heavy atom. The van der Waals surface area contributed by atoms with Gasteiger partial charge < -0.3 is 15.0 Å². The lowest BCUT2D eigenvalue weighted by atomic mass is 10.0. The minimum atomic E-state index is -4.20. The number of halogens is 1. The van der Waals surface area contributed by atoms with E-state index in [1.165, 1.54) is 17.0 Å². The average Bonchev–Trinajstić information content (AvgIpc) is 3.06. The van der Waals surface area contributed by atoms with Gasteiger partial charge in [-0.2, -0.15) is 0 Å². The maximum atomic E-state index is 14.5. The highest BCUT2D eigenvalue weighted by Crippen LogP contribution is 2.26. The Balaban J connectivity index is 1.78. The number of nitrogens with zero attached hydrogens (tertiary/aromatic N) is 2. The molecule has 0 unspecified atom stereocenters. The van der Waals surface area contributed by atoms with Crippen molar-refractivity contribution in [1.29, 1.82) is 0 Å². The molecule has 4 rings (SSSR count). The molecule has 4 aromatic carbocycles. The zero-order chi connectivity index (χ0) is 33.1. The van der Waals surface area contributed by atoms with Crippen molar-refractivity contribution in [2.24, 2.45) is 0 Å². The molecule has 0 aliphatic heterocycles. The van der Waals surface area contributed by atoms with E-state index >= 15 is 0 Å². The summed E-state index contributed by atoms with van der Waals surface area (Å²) in [5, 5.41) is 3.05. The maximum absolute atomic E-state index is 14.5. The van der Waals surface area contributed by atoms with Crippen molar-refractivity contribution in [2.75, 3.05) is 17.5 Å². The van der Waals surface area contributed by atoms with Crippen molar-refractivity contribution in [3.05, 3.63) is 125 Å². The van der Waals surface area contributed by atoms with Gasteiger partial charge in [0.05, 0.1) is 17.2 Å². The number of amides is 2. The van der Waals surface area contributed by atoms with Crippen LogP contribution in [0.5, 0.6) is 5.75 Å². The quantitative estimate of drug-likeness (QED) is 0.150. The number of anilines is 1. The molecule has 1 N–H and O–H groups in total. The Morgan fingerprint density at radius 2 is 1.48 bits per heavy atom. The summed E-state index contributed by atoms with van der Waals surface area (Å²) in [5.74, 6) is -0.277. The molecule has 10 heteroatoms. The molecule has 2 atom stereocenters. The van der Waals surface area contributed by atoms with Gasteiger partial charge in [-0.05, 0) is 79.9 Å². The van der Waals surface area contributed by atoms with Crippen LogP contribution in [-0.2, 0) is 32.6 Å². The number of hydrogen-bond acceptors (Lipinski definition) is 5. The molecule has 0 saturated carbocycles. The third-order valence-electron chi connectivity index (χ3n) is 7.56. The zero-order valence-electron chi connectivity index (χ0n) is 26.3. The topological polar surface area (TPSA) is 96.0 Å². The third kappa shape index (κ3) is 9.20. The normalized spacial score (nSPS) is 12.5. The highest BCUT2D eigenvalue weighted by molar-refractivity contribution is 9.10. The molecule has 4 aromatic rings. The smallest absolute Gasteiger partial charge is 0.264 e. The van der Waals surface area contributed by atoms with Gasteiger partial charge in [0, 0.05) is 23.5 Å². The van der Waals surface area contributed by atoms with Gasteiger partial charge >= 0.3 is 0 Å². The van der Waals surface area contributed by atoms with Gasteiger partial charge in [-0.25, -0.2) is 8.42 Å². The van der Waals surface area contributed by atoms with Crippen LogP contribution in [0.15, 0.2) is 119 Å². The summed E-state index contributed by atoms with van der Waals surface area (Å²) in [6.45, 7) is 5.76. The first-order valence-electron chi connectivity index (χ1n) is 15.3. The molecule has 242 valence electrons. The minimum absolute atomic E-state index is 0.0153. The zero-order valence-corrected chi connectivity index (χ0v) is 28.7. The van der Waals surface area contributed by atoms with E-state index in [0.29, 0.717) is 24.5 Å². The monoisotopic (exact) mass is 705 g/mol. The predicted octanol–water partition coefficient (Wildman–Crippen LogP) is 6.60. The molecule has 8 nitrogen and oxygen atoms in total. The second-order valence-electron chi connectivity index (χ2n) is 10.9. The van der Waals surface area contributed by atoms with E-state index in [4.69, 9.17) is 4.74 Å². The summed E-state index contributed by atoms with van der Waals surface area (Å²) in [4.78, 5) is 30.0. The summed E-state index contributed by atoms with van der Waals surface area (Å²) in [6, 6.07) is 30.6. The van der Waals surface area contributed by atoms with Gasteiger partial charge in [0.1, 0.15) is 18.3 Å². The van der Waals surface area contributed by atoms with Crippen LogP contribution in [0.1, 0.15) is 38.3 Å². The van der Waals surface area contributed by atoms with Gasteiger partial charge in [-0.1, -0.05) is 83.5 Å². The first-order chi connectivity index (χ1) is 22.1. The summed E-state index contributed by atoms with van der Waals surface area (Å²) in [7, 11) is -4.20. The molecule has 0 saturated heterocycles. The lowest BCUT2D eigenvalue weighted by Crippen LogP contribution is -2.54. The van der Waals surface area contributed by atoms with E-state index in [2.05, 4.69) is 21.2 Å². The van der Waals surface area contributed by atoms with Crippen LogP contribution in [0.3, 0.4) is 0 Å². The SMILES string of the molecule is CCOc1ccc(S(=O)(=O)N(CC(=O)N(Cc2cccc(Br)c2)[C@@H](Cc2ccccc2)C(=O)N[C@H](C)CC)c2ccccc2)cc1. The summed E-state index contributed by atoms with van der Waals surface area (Å²) >= 11 is 3.51. The lowest BCUT2D eigenvalue weighted by Gasteiger charge is -2.34. The number of rotatable bonds is 15. The number of carbonyl (C=O) groups is 2. The number of para-hydroxylation sites is 1. The molecule has 0 fully saturated rings. The number of nitrogens with one attached hydrogen (secondary N) is 1. The standard InChI is InChI=1S/C36H40BrN3O5S/c1-4-27(3)38-36(42)34(24-28-13-8-6-9-14-28)39(25-29-15-12-16-30(37)23-29)35(41)26-40(31-17-10-7-11-18-31)46(43,44)33-21-19-32(20-22-33)45-5-2/h6-23,27,34H,4-5,24-26H2,1-3H3,(H,38,42)/t27-,34+/m1/s1. The Labute approximate surface area is 280 Å². The number of ether oxygens (including phenoxy) is 1. The van der Waals surface area contributed by atoms with E-state index in [-0.39, 0.29) is 29.8 Å². The summed E-state index contributed by atoms with van der Waals surface area (Å²) < 4.78 is 35.8. The third-order valence-corrected chi connectivity index (χ3v) is 9.84. The van der Waals surface area contributed by atoms with Crippen molar-refractivity contribution in [1.82, 2.24) is 10.2 Å². The van der Waals surface area contributed by atoms with Crippen LogP contribution in [-0.4, -0.2) is 50.4 Å². The Bertz CT molecular complexity index is 1690. The average molecular weight is 707 g/mol. The maximum Gasteiger partial charge on any atom is 0.264 e. The van der Waals surface area contributed by atoms with Crippen molar-refractivity contribution >= 4 is 43.5 Å². The van der Waals surface area contributed by atoms with Gasteiger partial charge in [0.15, 0.2) is 0 Å². The van der Waals surface area contributed by atoms with Crippen molar-refractivity contribution < 1.29 is 22.7 Å². The molecule has 0 aromatic heterocycles. The largest absolute Gasteiger partial charge is 0.494 e. The highest BCUT2D eigenvalue weighted by atomic mass is 79.9. The van der Waals surface area contributed by atoms with E-state index in [1.807, 2.05) is 75.4 Å². The van der Waals surface area contributed by atoms with Gasteiger partial charge in [-0.3, -0.25) is 13.9 Å². The molecule has 0 bridgehead atoms. The second-order valence-corrected chi connectivity index (χ2v) is 13.7. The molecule has 0 spiro atoms. The molecule has 0 aliphatic carbocycles. The summed E-state index contributed by atoms with van der Waals surface area (Å²) in [6.07, 6.45) is 0.964. The molecule has 46 heavy (non-hydrogen) atoms. The number of benzene rings is 4. The Morgan fingerprint density at radius 1 is 0.848 bits per heavy atom. The Hall–Kier alpha value is -4.15. The van der Waals surface area contributed by atoms with Crippen LogP contribution < -0.4 is 14.4 Å². The fourth-order valence-corrected chi connectivity index (χ4v) is 6.81. The number of hydrogen-bond donors (Lipinski definition) is 1.